The molecule has 0 radical (unpaired) electrons. The van der Waals surface area contributed by atoms with E-state index in [9.17, 15) is 8.42 Å². The summed E-state index contributed by atoms with van der Waals surface area (Å²) in [5.74, 6) is 2.19. The average Bonchev–Trinajstić information content (AvgIpc) is 2.77. The van der Waals surface area contributed by atoms with Gasteiger partial charge in [0.25, 0.3) is 0 Å². The first-order chi connectivity index (χ1) is 9.95. The summed E-state index contributed by atoms with van der Waals surface area (Å²) in [6, 6.07) is 3.89. The standard InChI is InChI=1S/C14H20BrNO4S/c1-19-13-6-11(5-12(15)14(13)20-2)8-16-7-10-3-4-21(17,18)9-10/h5-6,10,16H,3-4,7-9H2,1-2H3. The summed E-state index contributed by atoms with van der Waals surface area (Å²) in [7, 11) is 0.399. The number of hydrogen-bond donors (Lipinski definition) is 1. The van der Waals surface area contributed by atoms with Crippen molar-refractivity contribution < 1.29 is 17.9 Å². The van der Waals surface area contributed by atoms with Gasteiger partial charge in [0.1, 0.15) is 0 Å². The van der Waals surface area contributed by atoms with Gasteiger partial charge in [0.05, 0.1) is 30.2 Å². The van der Waals surface area contributed by atoms with Gasteiger partial charge in [-0.3, -0.25) is 0 Å². The zero-order chi connectivity index (χ0) is 15.5. The Morgan fingerprint density at radius 1 is 1.33 bits per heavy atom. The van der Waals surface area contributed by atoms with Crippen molar-refractivity contribution in [1.29, 1.82) is 0 Å². The Balaban J connectivity index is 1.93. The van der Waals surface area contributed by atoms with E-state index in [0.29, 0.717) is 36.1 Å². The van der Waals surface area contributed by atoms with Crippen LogP contribution in [0.3, 0.4) is 0 Å². The molecule has 1 saturated heterocycles. The van der Waals surface area contributed by atoms with Crippen LogP contribution in [0.4, 0.5) is 0 Å². The molecule has 1 unspecified atom stereocenters. The Morgan fingerprint density at radius 3 is 2.67 bits per heavy atom. The van der Waals surface area contributed by atoms with Crippen LogP contribution < -0.4 is 14.8 Å². The SMILES string of the molecule is COc1cc(CNCC2CCS(=O)(=O)C2)cc(Br)c1OC. The highest BCUT2D eigenvalue weighted by atomic mass is 79.9. The minimum atomic E-state index is -2.80. The number of benzene rings is 1. The van der Waals surface area contributed by atoms with E-state index in [0.717, 1.165) is 16.5 Å². The topological polar surface area (TPSA) is 64.6 Å². The minimum Gasteiger partial charge on any atom is -0.493 e. The lowest BCUT2D eigenvalue weighted by Crippen LogP contribution is -2.23. The van der Waals surface area contributed by atoms with Crippen LogP contribution in [0.25, 0.3) is 0 Å². The first-order valence-corrected chi connectivity index (χ1v) is 9.38. The third kappa shape index (κ3) is 4.34. The summed E-state index contributed by atoms with van der Waals surface area (Å²) >= 11 is 3.46. The number of sulfone groups is 1. The average molecular weight is 378 g/mol. The Bertz CT molecular complexity index is 603. The van der Waals surface area contributed by atoms with E-state index >= 15 is 0 Å². The fraction of sp³-hybridized carbons (Fsp3) is 0.571. The first kappa shape index (κ1) is 16.6. The molecule has 0 saturated carbocycles. The van der Waals surface area contributed by atoms with Crippen molar-refractivity contribution in [2.45, 2.75) is 13.0 Å². The molecule has 1 atom stereocenters. The van der Waals surface area contributed by atoms with E-state index in [-0.39, 0.29) is 5.92 Å². The minimum absolute atomic E-state index is 0.221. The summed E-state index contributed by atoms with van der Waals surface area (Å²) in [5, 5.41) is 3.32. The van der Waals surface area contributed by atoms with Gasteiger partial charge in [-0.15, -0.1) is 0 Å². The van der Waals surface area contributed by atoms with Gasteiger partial charge in [-0.1, -0.05) is 0 Å². The zero-order valence-corrected chi connectivity index (χ0v) is 14.6. The Hall–Kier alpha value is -0.790. The van der Waals surface area contributed by atoms with Crippen molar-refractivity contribution in [2.24, 2.45) is 5.92 Å². The zero-order valence-electron chi connectivity index (χ0n) is 12.2. The van der Waals surface area contributed by atoms with Crippen LogP contribution in [0.5, 0.6) is 11.5 Å². The molecule has 2 rings (SSSR count). The molecule has 1 aromatic carbocycles. The maximum atomic E-state index is 11.4. The van der Waals surface area contributed by atoms with Crippen molar-refractivity contribution in [1.82, 2.24) is 5.32 Å². The Labute approximate surface area is 134 Å². The molecule has 1 fully saturated rings. The molecular weight excluding hydrogens is 358 g/mol. The van der Waals surface area contributed by atoms with Crippen molar-refractivity contribution in [3.05, 3.63) is 22.2 Å². The van der Waals surface area contributed by atoms with Crippen molar-refractivity contribution in [3.63, 3.8) is 0 Å². The number of hydrogen-bond acceptors (Lipinski definition) is 5. The molecule has 21 heavy (non-hydrogen) atoms. The second kappa shape index (κ2) is 6.98. The van der Waals surface area contributed by atoms with Gasteiger partial charge in [-0.25, -0.2) is 8.42 Å². The summed E-state index contributed by atoms with van der Waals surface area (Å²) in [5.41, 5.74) is 1.06. The van der Waals surface area contributed by atoms with Crippen LogP contribution >= 0.6 is 15.9 Å². The monoisotopic (exact) mass is 377 g/mol. The molecule has 1 aliphatic heterocycles. The van der Waals surface area contributed by atoms with E-state index in [2.05, 4.69) is 21.2 Å². The maximum absolute atomic E-state index is 11.4. The molecule has 0 spiro atoms. The predicted octanol–water partition coefficient (Wildman–Crippen LogP) is 1.99. The predicted molar refractivity (Wildman–Crippen MR) is 85.7 cm³/mol. The smallest absolute Gasteiger partial charge is 0.174 e. The van der Waals surface area contributed by atoms with Gasteiger partial charge < -0.3 is 14.8 Å². The van der Waals surface area contributed by atoms with Crippen LogP contribution in [-0.4, -0.2) is 40.7 Å². The Kier molecular flexibility index (Phi) is 5.51. The van der Waals surface area contributed by atoms with E-state index in [4.69, 9.17) is 9.47 Å². The quantitative estimate of drug-likeness (QED) is 0.820. The summed E-state index contributed by atoms with van der Waals surface area (Å²) in [4.78, 5) is 0. The molecule has 1 aliphatic rings. The van der Waals surface area contributed by atoms with Gasteiger partial charge >= 0.3 is 0 Å². The molecule has 1 aromatic rings. The third-order valence-electron chi connectivity index (χ3n) is 3.58. The van der Waals surface area contributed by atoms with Crippen LogP contribution in [0.2, 0.25) is 0 Å². The van der Waals surface area contributed by atoms with Crippen LogP contribution in [0, 0.1) is 5.92 Å². The third-order valence-corrected chi connectivity index (χ3v) is 6.01. The highest BCUT2D eigenvalue weighted by molar-refractivity contribution is 9.10. The number of ether oxygens (including phenoxy) is 2. The van der Waals surface area contributed by atoms with Gasteiger partial charge in [0.2, 0.25) is 0 Å². The lowest BCUT2D eigenvalue weighted by molar-refractivity contribution is 0.352. The summed E-state index contributed by atoms with van der Waals surface area (Å²) in [6.45, 7) is 1.38. The number of nitrogens with one attached hydrogen (secondary N) is 1. The highest BCUT2D eigenvalue weighted by Crippen LogP contribution is 2.36. The first-order valence-electron chi connectivity index (χ1n) is 6.76. The second-order valence-corrected chi connectivity index (χ2v) is 8.30. The largest absolute Gasteiger partial charge is 0.493 e. The number of rotatable bonds is 6. The van der Waals surface area contributed by atoms with Gasteiger partial charge in [0, 0.05) is 6.54 Å². The number of halogens is 1. The van der Waals surface area contributed by atoms with Gasteiger partial charge in [-0.2, -0.15) is 0 Å². The van der Waals surface area contributed by atoms with Crippen molar-refractivity contribution in [3.8, 4) is 11.5 Å². The fourth-order valence-corrected chi connectivity index (χ4v) is 5.04. The van der Waals surface area contributed by atoms with Crippen LogP contribution in [-0.2, 0) is 16.4 Å². The van der Waals surface area contributed by atoms with E-state index in [1.165, 1.54) is 0 Å². The number of methoxy groups -OCH3 is 2. The second-order valence-electron chi connectivity index (χ2n) is 5.21. The van der Waals surface area contributed by atoms with Crippen LogP contribution in [0.15, 0.2) is 16.6 Å². The molecule has 0 bridgehead atoms. The van der Waals surface area contributed by atoms with Gasteiger partial charge in [0.15, 0.2) is 21.3 Å². The molecule has 0 amide bonds. The highest BCUT2D eigenvalue weighted by Gasteiger charge is 2.27. The lowest BCUT2D eigenvalue weighted by Gasteiger charge is -2.13. The normalized spacial score (nSPS) is 20.4. The summed E-state index contributed by atoms with van der Waals surface area (Å²) < 4.78 is 34.2. The molecule has 5 nitrogen and oxygen atoms in total. The lowest BCUT2D eigenvalue weighted by atomic mass is 10.1. The Morgan fingerprint density at radius 2 is 2.10 bits per heavy atom. The molecule has 0 aliphatic carbocycles. The van der Waals surface area contributed by atoms with Crippen LogP contribution in [0.1, 0.15) is 12.0 Å². The van der Waals surface area contributed by atoms with E-state index < -0.39 is 9.84 Å². The fourth-order valence-electron chi connectivity index (χ4n) is 2.53. The van der Waals surface area contributed by atoms with E-state index in [1.807, 2.05) is 12.1 Å². The molecular formula is C14H20BrNO4S. The molecule has 118 valence electrons. The van der Waals surface area contributed by atoms with Gasteiger partial charge in [-0.05, 0) is 52.5 Å². The molecule has 0 aromatic heterocycles. The van der Waals surface area contributed by atoms with Crippen molar-refractivity contribution in [2.75, 3.05) is 32.3 Å². The molecule has 1 heterocycles. The maximum Gasteiger partial charge on any atom is 0.174 e. The van der Waals surface area contributed by atoms with Crippen molar-refractivity contribution >= 4 is 25.8 Å². The van der Waals surface area contributed by atoms with E-state index in [1.54, 1.807) is 14.2 Å². The molecule has 1 N–H and O–H groups in total. The molecule has 7 heteroatoms. The summed E-state index contributed by atoms with van der Waals surface area (Å²) in [6.07, 6.45) is 0.755.